The first-order valence-corrected chi connectivity index (χ1v) is 9.64. The predicted molar refractivity (Wildman–Crippen MR) is 99.7 cm³/mol. The second kappa shape index (κ2) is 9.53. The molecule has 0 radical (unpaired) electrons. The van der Waals surface area contributed by atoms with Gasteiger partial charge in [0.15, 0.2) is 0 Å². The minimum atomic E-state index is 0.0842. The van der Waals surface area contributed by atoms with E-state index in [1.165, 1.54) is 0 Å². The minimum absolute atomic E-state index is 0.0842. The Morgan fingerprint density at radius 1 is 1.20 bits per heavy atom. The van der Waals surface area contributed by atoms with Crippen molar-refractivity contribution in [2.75, 3.05) is 52.5 Å². The molecule has 1 aromatic rings. The maximum absolute atomic E-state index is 12.5. The molecule has 1 atom stereocenters. The number of hydrogen-bond donors (Lipinski definition) is 1. The van der Waals surface area contributed by atoms with E-state index in [0.717, 1.165) is 82.5 Å². The number of carbonyl (C=O) groups excluding carboxylic acids is 1. The van der Waals surface area contributed by atoms with Crippen LogP contribution in [0.4, 0.5) is 0 Å². The Bertz CT molecular complexity index is 563. The maximum Gasteiger partial charge on any atom is 0.224 e. The molecular weight excluding hydrogens is 338 g/mol. The molecule has 2 heterocycles. The van der Waals surface area contributed by atoms with Crippen LogP contribution in [0.2, 0.25) is 5.02 Å². The summed E-state index contributed by atoms with van der Waals surface area (Å²) >= 11 is 6.27. The Labute approximate surface area is 155 Å². The summed E-state index contributed by atoms with van der Waals surface area (Å²) < 4.78 is 5.35. The van der Waals surface area contributed by atoms with E-state index in [2.05, 4.69) is 21.2 Å². The third-order valence-corrected chi connectivity index (χ3v) is 5.43. The third kappa shape index (κ3) is 5.68. The molecular formula is C19H28ClN3O2. The van der Waals surface area contributed by atoms with Gasteiger partial charge >= 0.3 is 0 Å². The van der Waals surface area contributed by atoms with Gasteiger partial charge in [0.25, 0.3) is 0 Å². The lowest BCUT2D eigenvalue weighted by molar-refractivity contribution is -0.126. The van der Waals surface area contributed by atoms with Crippen LogP contribution in [0.25, 0.3) is 0 Å². The number of nitrogens with zero attached hydrogens (tertiary/aromatic N) is 2. The monoisotopic (exact) mass is 365 g/mol. The van der Waals surface area contributed by atoms with Gasteiger partial charge in [-0.15, -0.1) is 0 Å². The highest BCUT2D eigenvalue weighted by Gasteiger charge is 2.26. The van der Waals surface area contributed by atoms with Gasteiger partial charge in [-0.3, -0.25) is 14.6 Å². The van der Waals surface area contributed by atoms with E-state index in [4.69, 9.17) is 16.3 Å². The molecule has 5 nitrogen and oxygen atoms in total. The van der Waals surface area contributed by atoms with Gasteiger partial charge in [-0.25, -0.2) is 0 Å². The topological polar surface area (TPSA) is 44.8 Å². The molecule has 1 amide bonds. The summed E-state index contributed by atoms with van der Waals surface area (Å²) in [7, 11) is 0. The lowest BCUT2D eigenvalue weighted by Crippen LogP contribution is -2.45. The number of amides is 1. The van der Waals surface area contributed by atoms with E-state index < -0.39 is 0 Å². The van der Waals surface area contributed by atoms with Crippen LogP contribution in [0.15, 0.2) is 24.3 Å². The third-order valence-electron chi connectivity index (χ3n) is 5.06. The van der Waals surface area contributed by atoms with Crippen molar-refractivity contribution < 1.29 is 9.53 Å². The SMILES string of the molecule is O=C(NCCN1CCOCC1)[C@@H]1CCCN(Cc2ccccc2Cl)C1. The van der Waals surface area contributed by atoms with Crippen LogP contribution in [0.1, 0.15) is 18.4 Å². The zero-order valence-electron chi connectivity index (χ0n) is 14.8. The first-order chi connectivity index (χ1) is 12.2. The van der Waals surface area contributed by atoms with Crippen LogP contribution >= 0.6 is 11.6 Å². The summed E-state index contributed by atoms with van der Waals surface area (Å²) in [5.74, 6) is 0.276. The second-order valence-corrected chi connectivity index (χ2v) is 7.32. The van der Waals surface area contributed by atoms with E-state index in [9.17, 15) is 4.79 Å². The molecule has 2 fully saturated rings. The van der Waals surface area contributed by atoms with E-state index in [-0.39, 0.29) is 11.8 Å². The second-order valence-electron chi connectivity index (χ2n) is 6.91. The molecule has 25 heavy (non-hydrogen) atoms. The fourth-order valence-corrected chi connectivity index (χ4v) is 3.78. The Balaban J connectivity index is 1.42. The number of halogens is 1. The number of carbonyl (C=O) groups is 1. The lowest BCUT2D eigenvalue weighted by Gasteiger charge is -2.32. The molecule has 0 bridgehead atoms. The molecule has 1 N–H and O–H groups in total. The Kier molecular flexibility index (Phi) is 7.11. The van der Waals surface area contributed by atoms with Gasteiger partial charge in [0.2, 0.25) is 5.91 Å². The van der Waals surface area contributed by atoms with Crippen LogP contribution in [-0.2, 0) is 16.1 Å². The molecule has 2 saturated heterocycles. The molecule has 6 heteroatoms. The lowest BCUT2D eigenvalue weighted by atomic mass is 9.96. The van der Waals surface area contributed by atoms with Crippen LogP contribution in [0.5, 0.6) is 0 Å². The molecule has 0 saturated carbocycles. The molecule has 0 spiro atoms. The predicted octanol–water partition coefficient (Wildman–Crippen LogP) is 2.00. The van der Waals surface area contributed by atoms with Crippen molar-refractivity contribution in [2.24, 2.45) is 5.92 Å². The maximum atomic E-state index is 12.5. The van der Waals surface area contributed by atoms with Gasteiger partial charge in [-0.1, -0.05) is 29.8 Å². The number of ether oxygens (including phenoxy) is 1. The highest BCUT2D eigenvalue weighted by molar-refractivity contribution is 6.31. The molecule has 2 aliphatic rings. The zero-order valence-corrected chi connectivity index (χ0v) is 15.5. The largest absolute Gasteiger partial charge is 0.379 e. The van der Waals surface area contributed by atoms with E-state index in [1.807, 2.05) is 18.2 Å². The van der Waals surface area contributed by atoms with Gasteiger partial charge in [0, 0.05) is 44.3 Å². The minimum Gasteiger partial charge on any atom is -0.379 e. The normalized spacial score (nSPS) is 22.7. The number of morpholine rings is 1. The molecule has 1 aromatic carbocycles. The van der Waals surface area contributed by atoms with Crippen molar-refractivity contribution >= 4 is 17.5 Å². The fourth-order valence-electron chi connectivity index (χ4n) is 3.59. The van der Waals surface area contributed by atoms with Gasteiger partial charge < -0.3 is 10.1 Å². The quantitative estimate of drug-likeness (QED) is 0.837. The smallest absolute Gasteiger partial charge is 0.224 e. The van der Waals surface area contributed by atoms with Gasteiger partial charge in [0.05, 0.1) is 19.1 Å². The summed E-state index contributed by atoms with van der Waals surface area (Å²) in [4.78, 5) is 17.2. The van der Waals surface area contributed by atoms with E-state index in [0.29, 0.717) is 0 Å². The van der Waals surface area contributed by atoms with E-state index in [1.54, 1.807) is 0 Å². The van der Waals surface area contributed by atoms with Crippen molar-refractivity contribution in [2.45, 2.75) is 19.4 Å². The number of nitrogens with one attached hydrogen (secondary N) is 1. The Morgan fingerprint density at radius 2 is 2.00 bits per heavy atom. The van der Waals surface area contributed by atoms with Crippen molar-refractivity contribution in [3.63, 3.8) is 0 Å². The van der Waals surface area contributed by atoms with Crippen molar-refractivity contribution in [3.05, 3.63) is 34.9 Å². The number of benzene rings is 1. The molecule has 3 rings (SSSR count). The standard InChI is InChI=1S/C19H28ClN3O2/c20-18-6-2-1-4-16(18)14-23-8-3-5-17(15-23)19(24)21-7-9-22-10-12-25-13-11-22/h1-2,4,6,17H,3,5,7-15H2,(H,21,24)/t17-/m1/s1. The first kappa shape index (κ1) is 18.6. The summed E-state index contributed by atoms with van der Waals surface area (Å²) in [6, 6.07) is 7.96. The highest BCUT2D eigenvalue weighted by Crippen LogP contribution is 2.22. The first-order valence-electron chi connectivity index (χ1n) is 9.26. The Hall–Kier alpha value is -1.14. The highest BCUT2D eigenvalue weighted by atomic mass is 35.5. The molecule has 0 aromatic heterocycles. The number of piperidine rings is 1. The average molecular weight is 366 g/mol. The van der Waals surface area contributed by atoms with Gasteiger partial charge in [0.1, 0.15) is 0 Å². The van der Waals surface area contributed by atoms with E-state index >= 15 is 0 Å². The summed E-state index contributed by atoms with van der Waals surface area (Å²) in [6.45, 7) is 7.82. The molecule has 2 aliphatic heterocycles. The van der Waals surface area contributed by atoms with Crippen LogP contribution in [0.3, 0.4) is 0 Å². The molecule has 0 unspecified atom stereocenters. The van der Waals surface area contributed by atoms with Crippen LogP contribution in [-0.4, -0.2) is 68.2 Å². The van der Waals surface area contributed by atoms with Crippen molar-refractivity contribution in [1.29, 1.82) is 0 Å². The summed E-state index contributed by atoms with van der Waals surface area (Å²) in [5, 5.41) is 3.93. The number of hydrogen-bond acceptors (Lipinski definition) is 4. The number of rotatable bonds is 6. The van der Waals surface area contributed by atoms with Crippen molar-refractivity contribution in [1.82, 2.24) is 15.1 Å². The van der Waals surface area contributed by atoms with Gasteiger partial charge in [-0.2, -0.15) is 0 Å². The van der Waals surface area contributed by atoms with Crippen LogP contribution < -0.4 is 5.32 Å². The molecule has 138 valence electrons. The summed E-state index contributed by atoms with van der Waals surface area (Å²) in [5.41, 5.74) is 1.14. The fraction of sp³-hybridized carbons (Fsp3) is 0.632. The van der Waals surface area contributed by atoms with Crippen LogP contribution in [0, 0.1) is 5.92 Å². The number of likely N-dealkylation sites (tertiary alicyclic amines) is 1. The summed E-state index contributed by atoms with van der Waals surface area (Å²) in [6.07, 6.45) is 2.04. The van der Waals surface area contributed by atoms with Gasteiger partial charge in [-0.05, 0) is 31.0 Å². The Morgan fingerprint density at radius 3 is 2.80 bits per heavy atom. The average Bonchev–Trinajstić information content (AvgIpc) is 2.65. The van der Waals surface area contributed by atoms with Crippen molar-refractivity contribution in [3.8, 4) is 0 Å². The molecule has 0 aliphatic carbocycles. The zero-order chi connectivity index (χ0) is 17.5.